The number of nitrogens with one attached hydrogen (secondary N) is 2. The highest BCUT2D eigenvalue weighted by Crippen LogP contribution is 2.16. The summed E-state index contributed by atoms with van der Waals surface area (Å²) in [6, 6.07) is 18.7. The van der Waals surface area contributed by atoms with Gasteiger partial charge in [-0.25, -0.2) is 0 Å². The van der Waals surface area contributed by atoms with Crippen LogP contribution in [0.5, 0.6) is 0 Å². The van der Waals surface area contributed by atoms with E-state index < -0.39 is 0 Å². The topological polar surface area (TPSA) is 58.2 Å². The molecule has 0 saturated carbocycles. The van der Waals surface area contributed by atoms with Crippen LogP contribution in [-0.2, 0) is 9.59 Å². The molecule has 4 nitrogen and oxygen atoms in total. The van der Waals surface area contributed by atoms with Gasteiger partial charge in [0.05, 0.1) is 5.70 Å². The van der Waals surface area contributed by atoms with Gasteiger partial charge in [0.25, 0.3) is 0 Å². The Morgan fingerprint density at radius 3 is 1.81 bits per heavy atom. The Balaban J connectivity index is 2.26. The molecule has 0 saturated heterocycles. The van der Waals surface area contributed by atoms with Gasteiger partial charge in [-0.3, -0.25) is 4.79 Å². The van der Waals surface area contributed by atoms with E-state index in [2.05, 4.69) is 10.6 Å². The summed E-state index contributed by atoms with van der Waals surface area (Å²) in [5.74, 6) is 0. The van der Waals surface area contributed by atoms with Crippen molar-refractivity contribution in [2.75, 3.05) is 10.6 Å². The highest BCUT2D eigenvalue weighted by Gasteiger charge is 2.07. The van der Waals surface area contributed by atoms with Crippen LogP contribution in [0.3, 0.4) is 0 Å². The maximum atomic E-state index is 11.3. The average Bonchev–Trinajstić information content (AvgIpc) is 2.54. The monoisotopic (exact) mass is 280 g/mol. The molecular formula is C17H16N2O2. The number of aldehydes is 2. The van der Waals surface area contributed by atoms with Crippen LogP contribution in [-0.4, -0.2) is 12.6 Å². The molecule has 0 aliphatic heterocycles. The average molecular weight is 280 g/mol. The molecule has 2 aromatic rings. The minimum absolute atomic E-state index is 0.128. The number of hydrogen-bond donors (Lipinski definition) is 2. The van der Waals surface area contributed by atoms with Crippen LogP contribution < -0.4 is 10.6 Å². The van der Waals surface area contributed by atoms with Gasteiger partial charge in [0, 0.05) is 23.5 Å². The van der Waals surface area contributed by atoms with Gasteiger partial charge in [-0.15, -0.1) is 0 Å². The van der Waals surface area contributed by atoms with Crippen LogP contribution in [0.4, 0.5) is 11.4 Å². The Morgan fingerprint density at radius 2 is 1.33 bits per heavy atom. The van der Waals surface area contributed by atoms with E-state index in [1.165, 1.54) is 0 Å². The predicted molar refractivity (Wildman–Crippen MR) is 83.9 cm³/mol. The molecule has 4 heteroatoms. The smallest absolute Gasteiger partial charge is 0.168 e. The molecule has 0 aliphatic rings. The number of carbonyl (C=O) groups excluding carboxylic acids is 2. The van der Waals surface area contributed by atoms with E-state index in [1.54, 1.807) is 0 Å². The van der Waals surface area contributed by atoms with E-state index in [4.69, 9.17) is 0 Å². The fourth-order valence-corrected chi connectivity index (χ4v) is 1.86. The zero-order valence-corrected chi connectivity index (χ0v) is 11.5. The Labute approximate surface area is 123 Å². The van der Waals surface area contributed by atoms with E-state index in [1.807, 2.05) is 60.7 Å². The van der Waals surface area contributed by atoms with Crippen molar-refractivity contribution in [2.45, 2.75) is 6.42 Å². The Hall–Kier alpha value is -2.88. The molecule has 2 aromatic carbocycles. The standard InChI is InChI=1S/C17H16N2O2/c20-12-11-16(18-14-7-3-1-4-8-14)17(13-21)19-15-9-5-2-6-10-15/h1-10,12-13,18-19H,11H2. The van der Waals surface area contributed by atoms with Crippen LogP contribution in [0.2, 0.25) is 0 Å². The SMILES string of the molecule is O=CCC(Nc1ccccc1)=C(C=O)Nc1ccccc1. The summed E-state index contributed by atoms with van der Waals surface area (Å²) >= 11 is 0. The summed E-state index contributed by atoms with van der Waals surface area (Å²) in [5.41, 5.74) is 2.49. The van der Waals surface area contributed by atoms with E-state index in [-0.39, 0.29) is 6.42 Å². The third-order valence-electron chi connectivity index (χ3n) is 2.85. The van der Waals surface area contributed by atoms with Crippen molar-refractivity contribution in [1.29, 1.82) is 0 Å². The predicted octanol–water partition coefficient (Wildman–Crippen LogP) is 3.21. The van der Waals surface area contributed by atoms with E-state index in [0.29, 0.717) is 17.7 Å². The number of hydrogen-bond acceptors (Lipinski definition) is 4. The Morgan fingerprint density at radius 1 is 0.810 bits per heavy atom. The van der Waals surface area contributed by atoms with Gasteiger partial charge < -0.3 is 15.4 Å². The largest absolute Gasteiger partial charge is 0.357 e. The second kappa shape index (κ2) is 7.65. The number of para-hydroxylation sites is 2. The van der Waals surface area contributed by atoms with Gasteiger partial charge in [-0.05, 0) is 24.3 Å². The van der Waals surface area contributed by atoms with Gasteiger partial charge in [0.2, 0.25) is 0 Å². The van der Waals surface area contributed by atoms with Gasteiger partial charge in [-0.1, -0.05) is 36.4 Å². The second-order valence-corrected chi connectivity index (χ2v) is 4.36. The van der Waals surface area contributed by atoms with E-state index >= 15 is 0 Å². The van der Waals surface area contributed by atoms with Crippen molar-refractivity contribution in [2.24, 2.45) is 0 Å². The molecule has 21 heavy (non-hydrogen) atoms. The summed E-state index contributed by atoms with van der Waals surface area (Å²) in [6.45, 7) is 0. The van der Waals surface area contributed by atoms with Crippen molar-refractivity contribution >= 4 is 23.9 Å². The van der Waals surface area contributed by atoms with E-state index in [9.17, 15) is 9.59 Å². The fraction of sp³-hybridized carbons (Fsp3) is 0.0588. The Kier molecular flexibility index (Phi) is 5.29. The highest BCUT2D eigenvalue weighted by molar-refractivity contribution is 5.82. The summed E-state index contributed by atoms with van der Waals surface area (Å²) in [7, 11) is 0. The number of anilines is 2. The molecule has 0 radical (unpaired) electrons. The van der Waals surface area contributed by atoms with Gasteiger partial charge >= 0.3 is 0 Å². The third-order valence-corrected chi connectivity index (χ3v) is 2.85. The van der Waals surface area contributed by atoms with Crippen molar-refractivity contribution < 1.29 is 9.59 Å². The summed E-state index contributed by atoms with van der Waals surface area (Å²) in [4.78, 5) is 22.2. The van der Waals surface area contributed by atoms with Gasteiger partial charge in [0.15, 0.2) is 6.29 Å². The molecule has 0 heterocycles. The molecule has 2 rings (SSSR count). The lowest BCUT2D eigenvalue weighted by molar-refractivity contribution is -0.107. The second-order valence-electron chi connectivity index (χ2n) is 4.36. The van der Waals surface area contributed by atoms with Crippen molar-refractivity contribution in [1.82, 2.24) is 0 Å². The number of rotatable bonds is 7. The number of benzene rings is 2. The molecule has 0 fully saturated rings. The van der Waals surface area contributed by atoms with Crippen molar-refractivity contribution in [3.63, 3.8) is 0 Å². The first-order chi connectivity index (χ1) is 10.3. The molecule has 0 aliphatic carbocycles. The van der Waals surface area contributed by atoms with E-state index in [0.717, 1.165) is 17.7 Å². The summed E-state index contributed by atoms with van der Waals surface area (Å²) < 4.78 is 0. The lowest BCUT2D eigenvalue weighted by atomic mass is 10.2. The molecule has 0 unspecified atom stereocenters. The summed E-state index contributed by atoms with van der Waals surface area (Å²) in [6.07, 6.45) is 1.60. The zero-order valence-electron chi connectivity index (χ0n) is 11.5. The third kappa shape index (κ3) is 4.31. The normalized spacial score (nSPS) is 11.2. The lowest BCUT2D eigenvalue weighted by Crippen LogP contribution is -2.12. The molecule has 0 bridgehead atoms. The summed E-state index contributed by atoms with van der Waals surface area (Å²) in [5, 5.41) is 6.13. The minimum atomic E-state index is 0.128. The Bertz CT molecular complexity index is 622. The van der Waals surface area contributed by atoms with Crippen molar-refractivity contribution in [3.8, 4) is 0 Å². The lowest BCUT2D eigenvalue weighted by Gasteiger charge is -2.14. The number of allylic oxidation sites excluding steroid dienone is 2. The quantitative estimate of drug-likeness (QED) is 0.604. The van der Waals surface area contributed by atoms with Crippen molar-refractivity contribution in [3.05, 3.63) is 72.1 Å². The maximum Gasteiger partial charge on any atom is 0.168 e. The fourth-order valence-electron chi connectivity index (χ4n) is 1.86. The first kappa shape index (κ1) is 14.5. The molecule has 0 aromatic heterocycles. The minimum Gasteiger partial charge on any atom is -0.357 e. The first-order valence-electron chi connectivity index (χ1n) is 6.59. The van der Waals surface area contributed by atoms with Crippen LogP contribution in [0.25, 0.3) is 0 Å². The first-order valence-corrected chi connectivity index (χ1v) is 6.59. The van der Waals surface area contributed by atoms with Crippen LogP contribution in [0.1, 0.15) is 6.42 Å². The molecule has 0 amide bonds. The molecule has 0 spiro atoms. The van der Waals surface area contributed by atoms with Gasteiger partial charge in [0.1, 0.15) is 6.29 Å². The molecule has 2 N–H and O–H groups in total. The van der Waals surface area contributed by atoms with Crippen LogP contribution in [0.15, 0.2) is 72.1 Å². The van der Waals surface area contributed by atoms with Crippen LogP contribution >= 0.6 is 0 Å². The highest BCUT2D eigenvalue weighted by atomic mass is 16.1. The maximum absolute atomic E-state index is 11.3. The molecule has 106 valence electrons. The molecular weight excluding hydrogens is 264 g/mol. The molecule has 0 atom stereocenters. The van der Waals surface area contributed by atoms with Gasteiger partial charge in [-0.2, -0.15) is 0 Å². The zero-order chi connectivity index (χ0) is 14.9. The number of carbonyl (C=O) groups is 2. The van der Waals surface area contributed by atoms with Crippen LogP contribution in [0, 0.1) is 0 Å².